The van der Waals surface area contributed by atoms with Crippen molar-refractivity contribution in [1.82, 2.24) is 15.1 Å². The van der Waals surface area contributed by atoms with Gasteiger partial charge in [0.2, 0.25) is 11.8 Å². The van der Waals surface area contributed by atoms with Crippen molar-refractivity contribution in [3.8, 4) is 0 Å². The number of rotatable bonds is 2. The fourth-order valence-corrected chi connectivity index (χ4v) is 4.66. The van der Waals surface area contributed by atoms with Crippen molar-refractivity contribution in [3.05, 3.63) is 29.3 Å². The predicted molar refractivity (Wildman–Crippen MR) is 113 cm³/mol. The summed E-state index contributed by atoms with van der Waals surface area (Å²) in [6.07, 6.45) is -1.12. The first kappa shape index (κ1) is 22.4. The van der Waals surface area contributed by atoms with Gasteiger partial charge in [0.25, 0.3) is 17.7 Å². The van der Waals surface area contributed by atoms with Gasteiger partial charge in [-0.3, -0.25) is 39.1 Å². The molecule has 3 aliphatic rings. The van der Waals surface area contributed by atoms with Crippen LogP contribution in [0.25, 0.3) is 0 Å². The number of imide groups is 2. The average molecular weight is 456 g/mol. The molecule has 2 fully saturated rings. The SMILES string of the molecule is CC(C)(C)C1C(=O)N(c2ccc3c(c2)C(=O)N(C2CCC(=O)NC2=O)C3=O)CCN1C(=O)O. The Morgan fingerprint density at radius 1 is 1.03 bits per heavy atom. The minimum Gasteiger partial charge on any atom is -0.465 e. The van der Waals surface area contributed by atoms with Crippen molar-refractivity contribution in [3.63, 3.8) is 0 Å². The van der Waals surface area contributed by atoms with E-state index >= 15 is 0 Å². The quantitative estimate of drug-likeness (QED) is 0.627. The first-order valence-electron chi connectivity index (χ1n) is 10.6. The summed E-state index contributed by atoms with van der Waals surface area (Å²) in [5.41, 5.74) is -0.135. The highest BCUT2D eigenvalue weighted by molar-refractivity contribution is 6.24. The van der Waals surface area contributed by atoms with Crippen LogP contribution in [-0.4, -0.2) is 75.7 Å². The molecule has 1 aromatic rings. The van der Waals surface area contributed by atoms with Crippen molar-refractivity contribution >= 4 is 41.3 Å². The molecule has 0 radical (unpaired) electrons. The van der Waals surface area contributed by atoms with Gasteiger partial charge >= 0.3 is 6.09 Å². The number of carbonyl (C=O) groups excluding carboxylic acids is 5. The summed E-state index contributed by atoms with van der Waals surface area (Å²) < 4.78 is 0. The summed E-state index contributed by atoms with van der Waals surface area (Å²) in [4.78, 5) is 78.0. The molecule has 11 nitrogen and oxygen atoms in total. The van der Waals surface area contributed by atoms with Gasteiger partial charge in [-0.05, 0) is 30.0 Å². The maximum absolute atomic E-state index is 13.3. The molecule has 0 aromatic heterocycles. The molecule has 3 heterocycles. The van der Waals surface area contributed by atoms with Crippen LogP contribution in [0.5, 0.6) is 0 Å². The number of benzene rings is 1. The van der Waals surface area contributed by atoms with Gasteiger partial charge in [0.05, 0.1) is 11.1 Å². The zero-order valence-corrected chi connectivity index (χ0v) is 18.5. The predicted octanol–water partition coefficient (Wildman–Crippen LogP) is 0.829. The summed E-state index contributed by atoms with van der Waals surface area (Å²) in [7, 11) is 0. The molecule has 3 aliphatic heterocycles. The van der Waals surface area contributed by atoms with Crippen LogP contribution in [0.3, 0.4) is 0 Å². The Balaban J connectivity index is 1.65. The Bertz CT molecular complexity index is 1110. The number of amides is 6. The molecule has 0 spiro atoms. The third-order valence-electron chi connectivity index (χ3n) is 6.18. The number of fused-ring (bicyclic) bond motifs is 1. The monoisotopic (exact) mass is 456 g/mol. The van der Waals surface area contributed by atoms with Gasteiger partial charge in [-0.25, -0.2) is 4.79 Å². The first-order valence-corrected chi connectivity index (χ1v) is 10.6. The van der Waals surface area contributed by atoms with Crippen molar-refractivity contribution in [2.75, 3.05) is 18.0 Å². The van der Waals surface area contributed by atoms with Crippen LogP contribution in [0.15, 0.2) is 18.2 Å². The molecule has 6 amide bonds. The number of anilines is 1. The average Bonchev–Trinajstić information content (AvgIpc) is 2.97. The molecule has 2 saturated heterocycles. The summed E-state index contributed by atoms with van der Waals surface area (Å²) >= 11 is 0. The smallest absolute Gasteiger partial charge is 0.408 e. The van der Waals surface area contributed by atoms with Crippen LogP contribution in [0.4, 0.5) is 10.5 Å². The summed E-state index contributed by atoms with van der Waals surface area (Å²) in [6, 6.07) is 2.39. The van der Waals surface area contributed by atoms with Crippen molar-refractivity contribution in [2.45, 2.75) is 45.7 Å². The highest BCUT2D eigenvalue weighted by Gasteiger charge is 2.47. The summed E-state index contributed by atoms with van der Waals surface area (Å²) in [5, 5.41) is 11.7. The van der Waals surface area contributed by atoms with Gasteiger partial charge in [0, 0.05) is 25.2 Å². The minimum atomic E-state index is -1.18. The third-order valence-corrected chi connectivity index (χ3v) is 6.18. The molecule has 33 heavy (non-hydrogen) atoms. The molecule has 0 saturated carbocycles. The molecule has 2 unspecified atom stereocenters. The number of piperidine rings is 1. The number of nitrogens with one attached hydrogen (secondary N) is 1. The topological polar surface area (TPSA) is 144 Å². The molecular weight excluding hydrogens is 432 g/mol. The Labute approximate surface area is 189 Å². The number of carboxylic acid groups (broad SMARTS) is 1. The van der Waals surface area contributed by atoms with Crippen LogP contribution in [-0.2, 0) is 14.4 Å². The number of nitrogens with zero attached hydrogens (tertiary/aromatic N) is 3. The largest absolute Gasteiger partial charge is 0.465 e. The number of piperazine rings is 1. The lowest BCUT2D eigenvalue weighted by molar-refractivity contribution is -0.136. The maximum atomic E-state index is 13.3. The molecule has 174 valence electrons. The fraction of sp³-hybridized carbons (Fsp3) is 0.455. The van der Waals surface area contributed by atoms with Crippen LogP contribution in [0.1, 0.15) is 54.3 Å². The first-order chi connectivity index (χ1) is 15.4. The highest BCUT2D eigenvalue weighted by Crippen LogP contribution is 2.34. The molecule has 4 rings (SSSR count). The van der Waals surface area contributed by atoms with E-state index in [9.17, 15) is 33.9 Å². The van der Waals surface area contributed by atoms with E-state index in [0.29, 0.717) is 5.69 Å². The van der Waals surface area contributed by atoms with E-state index in [1.165, 1.54) is 23.1 Å². The van der Waals surface area contributed by atoms with Crippen LogP contribution >= 0.6 is 0 Å². The summed E-state index contributed by atoms with van der Waals surface area (Å²) in [5.74, 6) is -2.88. The van der Waals surface area contributed by atoms with E-state index in [4.69, 9.17) is 0 Å². The zero-order valence-electron chi connectivity index (χ0n) is 18.5. The van der Waals surface area contributed by atoms with E-state index in [1.54, 1.807) is 20.8 Å². The van der Waals surface area contributed by atoms with Gasteiger partial charge in [-0.2, -0.15) is 0 Å². The fourth-order valence-electron chi connectivity index (χ4n) is 4.66. The van der Waals surface area contributed by atoms with Crippen LogP contribution < -0.4 is 10.2 Å². The van der Waals surface area contributed by atoms with Gasteiger partial charge in [0.1, 0.15) is 12.1 Å². The van der Waals surface area contributed by atoms with Crippen molar-refractivity contribution in [1.29, 1.82) is 0 Å². The second kappa shape index (κ2) is 7.68. The van der Waals surface area contributed by atoms with Crippen molar-refractivity contribution < 1.29 is 33.9 Å². The van der Waals surface area contributed by atoms with Gasteiger partial charge < -0.3 is 10.0 Å². The Morgan fingerprint density at radius 2 is 1.70 bits per heavy atom. The molecular formula is C22H24N4O7. The molecule has 0 bridgehead atoms. The van der Waals surface area contributed by atoms with Crippen LogP contribution in [0, 0.1) is 5.41 Å². The Morgan fingerprint density at radius 3 is 2.30 bits per heavy atom. The lowest BCUT2D eigenvalue weighted by Crippen LogP contribution is -2.63. The second-order valence-corrected chi connectivity index (χ2v) is 9.41. The van der Waals surface area contributed by atoms with Crippen LogP contribution in [0.2, 0.25) is 0 Å². The van der Waals surface area contributed by atoms with Crippen molar-refractivity contribution in [2.24, 2.45) is 5.41 Å². The van der Waals surface area contributed by atoms with E-state index in [0.717, 1.165) is 9.80 Å². The standard InChI is InChI=1S/C22H24N4O7/c1-22(2,3)16-20(31)24(8-9-25(16)21(32)33)11-4-5-12-13(10-11)19(30)26(18(12)29)14-6-7-15(27)23-17(14)28/h4-5,10,14,16H,6-9H2,1-3H3,(H,32,33)(H,23,27,28). The van der Waals surface area contributed by atoms with E-state index in [-0.39, 0.29) is 37.1 Å². The number of hydrogen-bond acceptors (Lipinski definition) is 6. The minimum absolute atomic E-state index is 0.0195. The van der Waals surface area contributed by atoms with Gasteiger partial charge in [-0.1, -0.05) is 20.8 Å². The number of carbonyl (C=O) groups is 6. The Kier molecular flexibility index (Phi) is 5.22. The maximum Gasteiger partial charge on any atom is 0.408 e. The van der Waals surface area contributed by atoms with E-state index < -0.39 is 53.1 Å². The van der Waals surface area contributed by atoms with Gasteiger partial charge in [0.15, 0.2) is 0 Å². The number of hydrogen-bond donors (Lipinski definition) is 2. The Hall–Kier alpha value is -3.76. The lowest BCUT2D eigenvalue weighted by Gasteiger charge is -2.44. The molecule has 2 atom stereocenters. The molecule has 11 heteroatoms. The highest BCUT2D eigenvalue weighted by atomic mass is 16.4. The summed E-state index contributed by atoms with van der Waals surface area (Å²) in [6.45, 7) is 5.51. The zero-order chi connectivity index (χ0) is 24.2. The second-order valence-electron chi connectivity index (χ2n) is 9.41. The van der Waals surface area contributed by atoms with E-state index in [1.807, 2.05) is 0 Å². The van der Waals surface area contributed by atoms with Gasteiger partial charge in [-0.15, -0.1) is 0 Å². The molecule has 2 N–H and O–H groups in total. The molecule has 0 aliphatic carbocycles. The normalized spacial score (nSPS) is 23.7. The lowest BCUT2D eigenvalue weighted by atomic mass is 9.83. The third kappa shape index (κ3) is 3.62. The van der Waals surface area contributed by atoms with E-state index in [2.05, 4.69) is 5.32 Å². The molecule has 1 aromatic carbocycles.